The molecule has 0 aromatic heterocycles. The number of hydrogen-bond donors (Lipinski definition) is 1. The Morgan fingerprint density at radius 3 is 2.30 bits per heavy atom. The number of halogens is 2. The first kappa shape index (κ1) is 15.2. The zero-order valence-electron chi connectivity index (χ0n) is 11.9. The molecular formula is C18H12F2O3. The van der Waals surface area contributed by atoms with Crippen LogP contribution in [-0.2, 0) is 5.60 Å². The molecule has 1 aliphatic rings. The van der Waals surface area contributed by atoms with Gasteiger partial charge in [-0.15, -0.1) is 0 Å². The average Bonchev–Trinajstić information content (AvgIpc) is 2.58. The van der Waals surface area contributed by atoms with E-state index in [2.05, 4.69) is 0 Å². The van der Waals surface area contributed by atoms with E-state index >= 15 is 0 Å². The van der Waals surface area contributed by atoms with E-state index in [-0.39, 0.29) is 16.7 Å². The van der Waals surface area contributed by atoms with E-state index in [0.29, 0.717) is 6.08 Å². The van der Waals surface area contributed by atoms with Crippen LogP contribution in [0, 0.1) is 0 Å². The Morgan fingerprint density at radius 2 is 1.61 bits per heavy atom. The van der Waals surface area contributed by atoms with Crippen LogP contribution in [0.25, 0.3) is 0 Å². The van der Waals surface area contributed by atoms with Crippen LogP contribution in [-0.4, -0.2) is 22.6 Å². The first-order valence-corrected chi connectivity index (χ1v) is 6.91. The van der Waals surface area contributed by atoms with Gasteiger partial charge >= 0.3 is 5.92 Å². The monoisotopic (exact) mass is 314 g/mol. The highest BCUT2D eigenvalue weighted by Crippen LogP contribution is 2.44. The van der Waals surface area contributed by atoms with Gasteiger partial charge in [0.15, 0.2) is 11.4 Å². The van der Waals surface area contributed by atoms with Crippen molar-refractivity contribution in [2.24, 2.45) is 0 Å². The molecule has 0 radical (unpaired) electrons. The highest BCUT2D eigenvalue weighted by Gasteiger charge is 2.59. The molecular weight excluding hydrogens is 302 g/mol. The van der Waals surface area contributed by atoms with E-state index in [1.165, 1.54) is 48.5 Å². The van der Waals surface area contributed by atoms with Crippen LogP contribution in [0.15, 0.2) is 66.7 Å². The second kappa shape index (κ2) is 5.21. The van der Waals surface area contributed by atoms with Gasteiger partial charge < -0.3 is 5.11 Å². The van der Waals surface area contributed by atoms with Gasteiger partial charge in [0, 0.05) is 16.7 Å². The van der Waals surface area contributed by atoms with Crippen LogP contribution in [0.5, 0.6) is 0 Å². The minimum Gasteiger partial charge on any atom is -0.374 e. The van der Waals surface area contributed by atoms with Gasteiger partial charge in [0.2, 0.25) is 5.78 Å². The summed E-state index contributed by atoms with van der Waals surface area (Å²) >= 11 is 0. The van der Waals surface area contributed by atoms with E-state index in [1.807, 2.05) is 0 Å². The lowest BCUT2D eigenvalue weighted by Gasteiger charge is -2.35. The van der Waals surface area contributed by atoms with Crippen LogP contribution >= 0.6 is 0 Å². The smallest absolute Gasteiger partial charge is 0.345 e. The molecule has 2 aromatic carbocycles. The number of fused-ring (bicyclic) bond motifs is 1. The minimum atomic E-state index is -4.12. The summed E-state index contributed by atoms with van der Waals surface area (Å²) in [5, 5.41) is 10.6. The normalized spacial score (nSPS) is 20.2. The molecule has 0 spiro atoms. The van der Waals surface area contributed by atoms with Crippen LogP contribution in [0.1, 0.15) is 26.3 Å². The lowest BCUT2D eigenvalue weighted by Crippen LogP contribution is -2.51. The summed E-state index contributed by atoms with van der Waals surface area (Å²) in [6.07, 6.45) is 1.56. The zero-order chi connectivity index (χ0) is 16.7. The highest BCUT2D eigenvalue weighted by molar-refractivity contribution is 6.09. The topological polar surface area (TPSA) is 54.4 Å². The Bertz CT molecular complexity index is 812. The zero-order valence-corrected chi connectivity index (χ0v) is 11.9. The number of hydrogen-bond acceptors (Lipinski definition) is 3. The Hall–Kier alpha value is -2.66. The lowest BCUT2D eigenvalue weighted by molar-refractivity contribution is -0.128. The molecule has 1 unspecified atom stereocenters. The van der Waals surface area contributed by atoms with Crippen molar-refractivity contribution in [2.45, 2.75) is 11.5 Å². The summed E-state index contributed by atoms with van der Waals surface area (Å²) in [6.45, 7) is 0. The predicted molar refractivity (Wildman–Crippen MR) is 79.5 cm³/mol. The van der Waals surface area contributed by atoms with Crippen molar-refractivity contribution in [3.8, 4) is 0 Å². The average molecular weight is 314 g/mol. The van der Waals surface area contributed by atoms with Crippen molar-refractivity contribution in [3.05, 3.63) is 83.4 Å². The molecule has 2 aromatic rings. The summed E-state index contributed by atoms with van der Waals surface area (Å²) in [5.41, 5.74) is -3.40. The van der Waals surface area contributed by atoms with Gasteiger partial charge in [-0.1, -0.05) is 54.6 Å². The number of carbonyl (C=O) groups is 2. The number of Topliss-reactive ketones (excluding diaryl/α,β-unsaturated/α-hetero) is 1. The van der Waals surface area contributed by atoms with Crippen molar-refractivity contribution >= 4 is 11.6 Å². The van der Waals surface area contributed by atoms with E-state index < -0.39 is 23.1 Å². The molecule has 3 rings (SSSR count). The summed E-state index contributed by atoms with van der Waals surface area (Å²) in [6, 6.07) is 12.5. The lowest BCUT2D eigenvalue weighted by atomic mass is 9.77. The van der Waals surface area contributed by atoms with Gasteiger partial charge in [-0.3, -0.25) is 9.59 Å². The number of allylic oxidation sites excluding steroid dienone is 1. The van der Waals surface area contributed by atoms with E-state index in [1.54, 1.807) is 6.07 Å². The fourth-order valence-electron chi connectivity index (χ4n) is 2.62. The van der Waals surface area contributed by atoms with Gasteiger partial charge in [-0.05, 0) is 12.2 Å². The molecule has 1 aliphatic carbocycles. The Labute approximate surface area is 130 Å². The van der Waals surface area contributed by atoms with Crippen molar-refractivity contribution in [2.75, 3.05) is 0 Å². The summed E-state index contributed by atoms with van der Waals surface area (Å²) in [4.78, 5) is 24.0. The number of rotatable bonds is 3. The third-order valence-electron chi connectivity index (χ3n) is 3.88. The van der Waals surface area contributed by atoms with E-state index in [0.717, 1.165) is 6.08 Å². The van der Waals surface area contributed by atoms with Crippen molar-refractivity contribution in [1.29, 1.82) is 0 Å². The summed E-state index contributed by atoms with van der Waals surface area (Å²) in [5.74, 6) is -6.12. The van der Waals surface area contributed by atoms with Gasteiger partial charge in [-0.2, -0.15) is 8.78 Å². The molecule has 1 atom stereocenters. The Kier molecular flexibility index (Phi) is 3.45. The fraction of sp³-hybridized carbons (Fsp3) is 0.111. The molecule has 0 heterocycles. The molecule has 23 heavy (non-hydrogen) atoms. The number of alkyl halides is 2. The third kappa shape index (κ3) is 2.21. The third-order valence-corrected chi connectivity index (χ3v) is 3.88. The van der Waals surface area contributed by atoms with Crippen LogP contribution in [0.3, 0.4) is 0 Å². The maximum Gasteiger partial charge on any atom is 0.345 e. The second-order valence-electron chi connectivity index (χ2n) is 5.28. The quantitative estimate of drug-likeness (QED) is 0.886. The first-order chi connectivity index (χ1) is 10.9. The van der Waals surface area contributed by atoms with Crippen LogP contribution in [0.4, 0.5) is 8.78 Å². The second-order valence-corrected chi connectivity index (χ2v) is 5.28. The SMILES string of the molecule is O=C1C=CC(O)(C(F)(F)C(=O)c2ccccc2)c2ccccc21. The molecule has 5 heteroatoms. The molecule has 0 saturated heterocycles. The standard InChI is InChI=1S/C18H12F2O3/c19-18(20,16(22)12-6-2-1-3-7-12)17(23)11-10-15(21)13-8-4-5-9-14(13)17/h1-11,23H. The summed E-state index contributed by atoms with van der Waals surface area (Å²) < 4.78 is 29.6. The Balaban J connectivity index is 2.14. The molecule has 1 N–H and O–H groups in total. The fourth-order valence-corrected chi connectivity index (χ4v) is 2.62. The van der Waals surface area contributed by atoms with Crippen molar-refractivity contribution in [1.82, 2.24) is 0 Å². The van der Waals surface area contributed by atoms with Crippen molar-refractivity contribution in [3.63, 3.8) is 0 Å². The molecule has 0 saturated carbocycles. The van der Waals surface area contributed by atoms with Gasteiger partial charge in [0.1, 0.15) is 0 Å². The maximum absolute atomic E-state index is 14.8. The van der Waals surface area contributed by atoms with Crippen molar-refractivity contribution < 1.29 is 23.5 Å². The number of benzene rings is 2. The van der Waals surface area contributed by atoms with E-state index in [4.69, 9.17) is 0 Å². The van der Waals surface area contributed by atoms with Crippen LogP contribution in [0.2, 0.25) is 0 Å². The predicted octanol–water partition coefficient (Wildman–Crippen LogP) is 3.14. The summed E-state index contributed by atoms with van der Waals surface area (Å²) in [7, 11) is 0. The van der Waals surface area contributed by atoms with Gasteiger partial charge in [-0.25, -0.2) is 0 Å². The molecule has 116 valence electrons. The molecule has 0 fully saturated rings. The molecule has 0 amide bonds. The number of carbonyl (C=O) groups excluding carboxylic acids is 2. The molecule has 0 aliphatic heterocycles. The van der Waals surface area contributed by atoms with E-state index in [9.17, 15) is 23.5 Å². The molecule has 0 bridgehead atoms. The highest BCUT2D eigenvalue weighted by atomic mass is 19.3. The number of ketones is 2. The first-order valence-electron chi connectivity index (χ1n) is 6.91. The Morgan fingerprint density at radius 1 is 1.00 bits per heavy atom. The largest absolute Gasteiger partial charge is 0.374 e. The maximum atomic E-state index is 14.8. The minimum absolute atomic E-state index is 0.0435. The van der Waals surface area contributed by atoms with Gasteiger partial charge in [0.25, 0.3) is 0 Å². The van der Waals surface area contributed by atoms with Crippen LogP contribution < -0.4 is 0 Å². The molecule has 3 nitrogen and oxygen atoms in total. The number of aliphatic hydroxyl groups is 1. The van der Waals surface area contributed by atoms with Gasteiger partial charge in [0.05, 0.1) is 0 Å².